The van der Waals surface area contributed by atoms with Gasteiger partial charge in [0.25, 0.3) is 0 Å². The van der Waals surface area contributed by atoms with Crippen LogP contribution in [-0.2, 0) is 0 Å². The number of nitrogens with zero attached hydrogens (tertiary/aromatic N) is 2. The minimum atomic E-state index is -0.245. The van der Waals surface area contributed by atoms with Gasteiger partial charge in [-0.25, -0.2) is 0 Å². The molecule has 1 aliphatic heterocycles. The molecule has 0 saturated carbocycles. The Balaban J connectivity index is 0.864. The maximum absolute atomic E-state index is 2.42. The van der Waals surface area contributed by atoms with E-state index in [1.54, 1.807) is 0 Å². The second-order valence-electron chi connectivity index (χ2n) is 15.7. The van der Waals surface area contributed by atoms with E-state index in [9.17, 15) is 0 Å². The van der Waals surface area contributed by atoms with Crippen molar-refractivity contribution in [3.63, 3.8) is 0 Å². The molecule has 0 saturated heterocycles. The fourth-order valence-electron chi connectivity index (χ4n) is 8.62. The van der Waals surface area contributed by atoms with E-state index in [1.165, 1.54) is 62.8 Å². The molecule has 10 aromatic rings. The van der Waals surface area contributed by atoms with Crippen molar-refractivity contribution in [1.82, 2.24) is 0 Å². The second kappa shape index (κ2) is 17.1. The summed E-state index contributed by atoms with van der Waals surface area (Å²) >= 11 is -0.245. The van der Waals surface area contributed by atoms with E-state index in [2.05, 4.69) is 265 Å². The molecule has 300 valence electrons. The Bertz CT molecular complexity index is 2920. The zero-order chi connectivity index (χ0) is 42.0. The van der Waals surface area contributed by atoms with Crippen molar-refractivity contribution in [2.75, 3.05) is 9.80 Å². The van der Waals surface area contributed by atoms with E-state index < -0.39 is 0 Å². The maximum atomic E-state index is 2.42. The quantitative estimate of drug-likeness (QED) is 0.126. The fourth-order valence-corrected chi connectivity index (χ4v) is 11.4. The van der Waals surface area contributed by atoms with Crippen molar-refractivity contribution < 1.29 is 21.2 Å². The summed E-state index contributed by atoms with van der Waals surface area (Å²) in [6.07, 6.45) is 0. The number of hydrogen-bond donors (Lipinski definition) is 0. The first-order valence-corrected chi connectivity index (χ1v) is 23.5. The first kappa shape index (κ1) is 38.5. The van der Waals surface area contributed by atoms with Gasteiger partial charge in [0.15, 0.2) is 0 Å². The molecule has 0 N–H and O–H groups in total. The zero-order valence-electron chi connectivity index (χ0n) is 34.5. The molecule has 11 rings (SSSR count). The van der Waals surface area contributed by atoms with E-state index >= 15 is 0 Å². The van der Waals surface area contributed by atoms with Gasteiger partial charge in [-0.3, -0.25) is 0 Å². The minimum absolute atomic E-state index is 0.245. The van der Waals surface area contributed by atoms with Gasteiger partial charge in [-0.2, -0.15) is 0 Å². The molecular formula is C60H42IN2-. The van der Waals surface area contributed by atoms with Gasteiger partial charge in [0.2, 0.25) is 0 Å². The van der Waals surface area contributed by atoms with Crippen LogP contribution in [0.2, 0.25) is 0 Å². The van der Waals surface area contributed by atoms with Crippen molar-refractivity contribution in [3.05, 3.63) is 262 Å². The summed E-state index contributed by atoms with van der Waals surface area (Å²) in [7, 11) is 0. The third kappa shape index (κ3) is 7.84. The van der Waals surface area contributed by atoms with Gasteiger partial charge in [0.1, 0.15) is 0 Å². The van der Waals surface area contributed by atoms with E-state index in [-0.39, 0.29) is 21.2 Å². The van der Waals surface area contributed by atoms with Crippen LogP contribution in [0.3, 0.4) is 0 Å². The Morgan fingerprint density at radius 1 is 0.206 bits per heavy atom. The summed E-state index contributed by atoms with van der Waals surface area (Å²) in [5.41, 5.74) is 19.3. The predicted molar refractivity (Wildman–Crippen MR) is 260 cm³/mol. The SMILES string of the molecule is c1ccc(-c2ccc(N(c3ccccc3)c3ccc(-c4ccc5c(c4)-c4cc(-c6ccc(N(c7ccccc7)c7ccc(-c8ccccc8)cc7)cc6)ccc4[I-]5)cc3)cc2)cc1. The molecule has 1 aliphatic rings. The van der Waals surface area contributed by atoms with Crippen LogP contribution in [0.15, 0.2) is 255 Å². The molecule has 0 bridgehead atoms. The number of rotatable bonds is 10. The Morgan fingerprint density at radius 2 is 0.444 bits per heavy atom. The molecule has 3 heteroatoms. The minimum Gasteiger partial charge on any atom is -0.0617 e. The van der Waals surface area contributed by atoms with Crippen LogP contribution >= 0.6 is 0 Å². The second-order valence-corrected chi connectivity index (χ2v) is 18.6. The number of halogens is 1. The number of anilines is 6. The first-order valence-electron chi connectivity index (χ1n) is 21.4. The van der Waals surface area contributed by atoms with Crippen LogP contribution in [0, 0.1) is 7.14 Å². The molecular weight excluding hydrogens is 876 g/mol. The van der Waals surface area contributed by atoms with Crippen LogP contribution in [0.5, 0.6) is 0 Å². The topological polar surface area (TPSA) is 6.48 Å². The monoisotopic (exact) mass is 917 g/mol. The molecule has 1 heterocycles. The molecule has 0 aromatic heterocycles. The molecule has 2 nitrogen and oxygen atoms in total. The Labute approximate surface area is 380 Å². The molecule has 10 aromatic carbocycles. The number of hydrogen-bond acceptors (Lipinski definition) is 2. The molecule has 0 amide bonds. The van der Waals surface area contributed by atoms with Gasteiger partial charge in [-0.1, -0.05) is 72.8 Å². The van der Waals surface area contributed by atoms with Gasteiger partial charge in [0.05, 0.1) is 0 Å². The van der Waals surface area contributed by atoms with Gasteiger partial charge in [0, 0.05) is 0 Å². The fraction of sp³-hybridized carbons (Fsp3) is 0. The van der Waals surface area contributed by atoms with Crippen molar-refractivity contribution in [2.24, 2.45) is 0 Å². The summed E-state index contributed by atoms with van der Waals surface area (Å²) in [5.74, 6) is 0. The number of fused-ring (bicyclic) bond motifs is 3. The van der Waals surface area contributed by atoms with E-state index in [1.807, 2.05) is 0 Å². The first-order chi connectivity index (χ1) is 31.2. The van der Waals surface area contributed by atoms with Crippen LogP contribution in [-0.4, -0.2) is 0 Å². The smallest absolute Gasteiger partial charge is 0.0617 e. The van der Waals surface area contributed by atoms with Crippen LogP contribution < -0.4 is 31.0 Å². The van der Waals surface area contributed by atoms with Gasteiger partial charge >= 0.3 is 288 Å². The normalized spacial score (nSPS) is 11.6. The number of para-hydroxylation sites is 2. The summed E-state index contributed by atoms with van der Waals surface area (Å²) < 4.78 is 2.98. The third-order valence-corrected chi connectivity index (χ3v) is 14.9. The Hall–Kier alpha value is -7.47. The van der Waals surface area contributed by atoms with E-state index in [0.29, 0.717) is 0 Å². The van der Waals surface area contributed by atoms with Crippen LogP contribution in [0.1, 0.15) is 0 Å². The van der Waals surface area contributed by atoms with Crippen LogP contribution in [0.4, 0.5) is 34.1 Å². The average molecular weight is 918 g/mol. The molecule has 0 fully saturated rings. The Morgan fingerprint density at radius 3 is 0.762 bits per heavy atom. The Kier molecular flexibility index (Phi) is 10.5. The average Bonchev–Trinajstić information content (AvgIpc) is 3.74. The summed E-state index contributed by atoms with van der Waals surface area (Å²) in [6.45, 7) is 0. The van der Waals surface area contributed by atoms with Crippen molar-refractivity contribution in [1.29, 1.82) is 0 Å². The zero-order valence-corrected chi connectivity index (χ0v) is 36.7. The molecule has 0 aliphatic carbocycles. The molecule has 0 atom stereocenters. The third-order valence-electron chi connectivity index (χ3n) is 11.8. The van der Waals surface area contributed by atoms with Crippen LogP contribution in [0.25, 0.3) is 55.6 Å². The van der Waals surface area contributed by atoms with Crippen molar-refractivity contribution >= 4 is 34.1 Å². The van der Waals surface area contributed by atoms with Gasteiger partial charge < -0.3 is 0 Å². The summed E-state index contributed by atoms with van der Waals surface area (Å²) in [6, 6.07) is 92.4. The number of benzene rings is 10. The van der Waals surface area contributed by atoms with Gasteiger partial charge in [-0.15, -0.1) is 0 Å². The standard InChI is InChI=1S/C60H42IN2/c1-5-13-43(14-6-1)45-21-31-53(32-22-45)62(51-17-9-3-10-18-51)55-35-25-47(26-36-55)49-29-39-59-57(41-49)58-42-50(30-40-60(58)61-59)48-27-37-56(38-28-48)63(52-19-11-4-12-20-52)54-33-23-46(24-34-54)44-15-7-2-8-16-44/h1-42H/q-1. The summed E-state index contributed by atoms with van der Waals surface area (Å²) in [5, 5.41) is 0. The van der Waals surface area contributed by atoms with Crippen molar-refractivity contribution in [3.8, 4) is 55.6 Å². The van der Waals surface area contributed by atoms with Gasteiger partial charge in [-0.05, 0) is 22.3 Å². The molecule has 0 unspecified atom stereocenters. The molecule has 63 heavy (non-hydrogen) atoms. The predicted octanol–water partition coefficient (Wildman–Crippen LogP) is 13.4. The van der Waals surface area contributed by atoms with Crippen molar-refractivity contribution in [2.45, 2.75) is 0 Å². The molecule has 0 spiro atoms. The van der Waals surface area contributed by atoms with E-state index in [0.717, 1.165) is 34.1 Å². The molecule has 0 radical (unpaired) electrons. The van der Waals surface area contributed by atoms with E-state index in [4.69, 9.17) is 0 Å². The summed E-state index contributed by atoms with van der Waals surface area (Å²) in [4.78, 5) is 4.66.